The van der Waals surface area contributed by atoms with Crippen LogP contribution in [0.15, 0.2) is 60.7 Å². The first-order valence-electron chi connectivity index (χ1n) is 9.25. The molecule has 3 aliphatic heterocycles. The van der Waals surface area contributed by atoms with Crippen molar-refractivity contribution in [2.24, 2.45) is 0 Å². The molecule has 6 heteroatoms. The zero-order valence-electron chi connectivity index (χ0n) is 14.7. The molecule has 3 heterocycles. The van der Waals surface area contributed by atoms with Gasteiger partial charge < -0.3 is 28.8 Å². The molecule has 3 saturated heterocycles. The largest absolute Gasteiger partial charge is 0.387 e. The lowest BCUT2D eigenvalue weighted by molar-refractivity contribution is -0.487. The molecular formula is C21H22O6. The van der Waals surface area contributed by atoms with Crippen molar-refractivity contribution in [3.63, 3.8) is 0 Å². The van der Waals surface area contributed by atoms with Gasteiger partial charge in [-0.3, -0.25) is 0 Å². The molecule has 1 saturated carbocycles. The minimum Gasteiger partial charge on any atom is -0.387 e. The van der Waals surface area contributed by atoms with Gasteiger partial charge >= 0.3 is 0 Å². The summed E-state index contributed by atoms with van der Waals surface area (Å²) in [7, 11) is 0. The number of hydrogen-bond donors (Lipinski definition) is 1. The molecule has 1 aliphatic carbocycles. The van der Waals surface area contributed by atoms with Crippen LogP contribution in [0.4, 0.5) is 0 Å². The summed E-state index contributed by atoms with van der Waals surface area (Å²) in [6.07, 6.45) is -2.96. The van der Waals surface area contributed by atoms with E-state index in [0.29, 0.717) is 13.2 Å². The van der Waals surface area contributed by atoms with Gasteiger partial charge in [0, 0.05) is 0 Å². The van der Waals surface area contributed by atoms with E-state index in [0.717, 1.165) is 11.1 Å². The monoisotopic (exact) mass is 370 g/mol. The van der Waals surface area contributed by atoms with Crippen molar-refractivity contribution in [3.05, 3.63) is 71.8 Å². The molecule has 6 nitrogen and oxygen atoms in total. The van der Waals surface area contributed by atoms with Crippen molar-refractivity contribution < 1.29 is 28.8 Å². The van der Waals surface area contributed by atoms with Gasteiger partial charge in [-0.2, -0.15) is 0 Å². The Morgan fingerprint density at radius 2 is 1.11 bits per heavy atom. The molecule has 6 rings (SSSR count). The van der Waals surface area contributed by atoms with Gasteiger partial charge in [0.25, 0.3) is 6.48 Å². The average Bonchev–Trinajstić information content (AvgIpc) is 2.72. The van der Waals surface area contributed by atoms with E-state index in [1.54, 1.807) is 0 Å². The molecule has 142 valence electrons. The Bertz CT molecular complexity index is 692. The molecule has 4 fully saturated rings. The summed E-state index contributed by atoms with van der Waals surface area (Å²) in [5.41, 5.74) is 2.11. The predicted octanol–water partition coefficient (Wildman–Crippen LogP) is 2.00. The molecule has 4 bridgehead atoms. The van der Waals surface area contributed by atoms with Crippen molar-refractivity contribution in [1.82, 2.24) is 0 Å². The summed E-state index contributed by atoms with van der Waals surface area (Å²) >= 11 is 0. The fraction of sp³-hybridized carbons (Fsp3) is 0.429. The highest BCUT2D eigenvalue weighted by atomic mass is 16.9. The Hall–Kier alpha value is -1.80. The van der Waals surface area contributed by atoms with Gasteiger partial charge in [0.1, 0.15) is 36.6 Å². The van der Waals surface area contributed by atoms with Crippen LogP contribution < -0.4 is 0 Å². The van der Waals surface area contributed by atoms with E-state index < -0.39 is 37.0 Å². The van der Waals surface area contributed by atoms with E-state index in [1.807, 2.05) is 60.7 Å². The third kappa shape index (κ3) is 3.29. The van der Waals surface area contributed by atoms with E-state index in [-0.39, 0.29) is 6.10 Å². The van der Waals surface area contributed by atoms with E-state index in [9.17, 15) is 5.11 Å². The minimum absolute atomic E-state index is 0.344. The van der Waals surface area contributed by atoms with Gasteiger partial charge in [-0.25, -0.2) is 0 Å². The number of aliphatic hydroxyl groups is 1. The Balaban J connectivity index is 1.31. The Kier molecular flexibility index (Phi) is 4.69. The Morgan fingerprint density at radius 1 is 0.667 bits per heavy atom. The molecule has 3 unspecified atom stereocenters. The topological polar surface area (TPSA) is 66.4 Å². The smallest absolute Gasteiger partial charge is 0.272 e. The molecule has 2 aromatic rings. The van der Waals surface area contributed by atoms with Crippen molar-refractivity contribution in [2.75, 3.05) is 0 Å². The van der Waals surface area contributed by atoms with Crippen LogP contribution in [-0.2, 0) is 36.9 Å². The second-order valence-corrected chi connectivity index (χ2v) is 7.10. The Morgan fingerprint density at radius 3 is 1.59 bits per heavy atom. The maximum absolute atomic E-state index is 10.7. The number of rotatable bonds is 6. The van der Waals surface area contributed by atoms with Crippen LogP contribution in [0, 0.1) is 0 Å². The maximum atomic E-state index is 10.7. The zero-order chi connectivity index (χ0) is 18.2. The third-order valence-corrected chi connectivity index (χ3v) is 5.34. The highest BCUT2D eigenvalue weighted by molar-refractivity contribution is 5.15. The van der Waals surface area contributed by atoms with Crippen molar-refractivity contribution in [1.29, 1.82) is 0 Å². The first-order chi connectivity index (χ1) is 13.3. The van der Waals surface area contributed by atoms with E-state index in [1.165, 1.54) is 0 Å². The standard InChI is InChI=1S/C21H22O6/c22-15-16-18(23-11-13-7-3-1-4-8-13)20-19(17(15)26-21(25-16)27-20)24-12-14-9-5-2-6-10-14/h1-10,15-22H,11-12H2/t15?,16-,17+,18-,19+,20?,21?. The third-order valence-electron chi connectivity index (χ3n) is 5.34. The normalized spacial score (nSPS) is 36.9. The lowest BCUT2D eigenvalue weighted by atomic mass is 9.82. The lowest BCUT2D eigenvalue weighted by Gasteiger charge is -2.57. The van der Waals surface area contributed by atoms with Crippen LogP contribution in [0.25, 0.3) is 0 Å². The van der Waals surface area contributed by atoms with Crippen LogP contribution in [0.1, 0.15) is 11.1 Å². The molecule has 4 aliphatic rings. The van der Waals surface area contributed by atoms with Crippen LogP contribution in [-0.4, -0.2) is 48.2 Å². The average molecular weight is 370 g/mol. The second kappa shape index (κ2) is 7.31. The van der Waals surface area contributed by atoms with Crippen LogP contribution in [0.3, 0.4) is 0 Å². The molecule has 7 atom stereocenters. The molecule has 27 heavy (non-hydrogen) atoms. The fourth-order valence-corrected chi connectivity index (χ4v) is 4.00. The SMILES string of the molecule is OC1[C@H]2OC3OC([C@@H](OCc4ccccc4)[C@H]1O3)[C@@H]2OCc1ccccc1. The second-order valence-electron chi connectivity index (χ2n) is 7.10. The Labute approximate surface area is 157 Å². The zero-order valence-corrected chi connectivity index (χ0v) is 14.7. The molecule has 0 aromatic heterocycles. The summed E-state index contributed by atoms with van der Waals surface area (Å²) in [6, 6.07) is 19.8. The van der Waals surface area contributed by atoms with Crippen LogP contribution in [0.5, 0.6) is 0 Å². The van der Waals surface area contributed by atoms with Gasteiger partial charge in [-0.05, 0) is 11.1 Å². The molecule has 0 amide bonds. The van der Waals surface area contributed by atoms with E-state index in [4.69, 9.17) is 23.7 Å². The predicted molar refractivity (Wildman–Crippen MR) is 94.5 cm³/mol. The molecular weight excluding hydrogens is 348 g/mol. The fourth-order valence-electron chi connectivity index (χ4n) is 4.00. The summed E-state index contributed by atoms with van der Waals surface area (Å²) in [5.74, 6) is 0. The van der Waals surface area contributed by atoms with Crippen LogP contribution >= 0.6 is 0 Å². The highest BCUT2D eigenvalue weighted by Crippen LogP contribution is 2.42. The van der Waals surface area contributed by atoms with Gasteiger partial charge in [0.15, 0.2) is 0 Å². The highest BCUT2D eigenvalue weighted by Gasteiger charge is 2.62. The summed E-state index contributed by atoms with van der Waals surface area (Å²) in [5, 5.41) is 10.7. The number of hydrogen-bond acceptors (Lipinski definition) is 6. The van der Waals surface area contributed by atoms with Gasteiger partial charge in [0.2, 0.25) is 0 Å². The number of benzene rings is 2. The molecule has 0 spiro atoms. The van der Waals surface area contributed by atoms with E-state index >= 15 is 0 Å². The van der Waals surface area contributed by atoms with Crippen LogP contribution in [0.2, 0.25) is 0 Å². The first-order valence-corrected chi connectivity index (χ1v) is 9.25. The minimum atomic E-state index is -0.817. The van der Waals surface area contributed by atoms with Crippen molar-refractivity contribution in [3.8, 4) is 0 Å². The van der Waals surface area contributed by atoms with Gasteiger partial charge in [-0.1, -0.05) is 60.7 Å². The van der Waals surface area contributed by atoms with Crippen molar-refractivity contribution >= 4 is 0 Å². The quantitative estimate of drug-likeness (QED) is 0.839. The number of aliphatic hydroxyl groups excluding tert-OH is 1. The summed E-state index contributed by atoms with van der Waals surface area (Å²) < 4.78 is 29.4. The maximum Gasteiger partial charge on any atom is 0.272 e. The van der Waals surface area contributed by atoms with Gasteiger partial charge in [-0.15, -0.1) is 0 Å². The molecule has 0 radical (unpaired) electrons. The molecule has 1 N–H and O–H groups in total. The first kappa shape index (κ1) is 17.3. The summed E-state index contributed by atoms with van der Waals surface area (Å²) in [6.45, 7) is 0.0700. The lowest BCUT2D eigenvalue weighted by Crippen LogP contribution is -2.75. The van der Waals surface area contributed by atoms with Gasteiger partial charge in [0.05, 0.1) is 13.2 Å². The summed E-state index contributed by atoms with van der Waals surface area (Å²) in [4.78, 5) is 0. The van der Waals surface area contributed by atoms with E-state index in [2.05, 4.69) is 0 Å². The van der Waals surface area contributed by atoms with Crippen molar-refractivity contribution in [2.45, 2.75) is 56.3 Å². The molecule has 2 aromatic carbocycles. The number of ether oxygens (including phenoxy) is 5.